The normalized spacial score (nSPS) is 15.5. The van der Waals surface area contributed by atoms with E-state index in [1.54, 1.807) is 11.3 Å². The van der Waals surface area contributed by atoms with Gasteiger partial charge in [-0.3, -0.25) is 0 Å². The Morgan fingerprint density at radius 3 is 2.73 bits per heavy atom. The third-order valence-corrected chi connectivity index (χ3v) is 6.28. The molecule has 0 spiro atoms. The van der Waals surface area contributed by atoms with Gasteiger partial charge in [0.25, 0.3) is 0 Å². The molecule has 0 radical (unpaired) electrons. The average Bonchev–Trinajstić information content (AvgIpc) is 2.78. The first-order valence-electron chi connectivity index (χ1n) is 9.04. The molecule has 26 heavy (non-hydrogen) atoms. The predicted molar refractivity (Wildman–Crippen MR) is 112 cm³/mol. The van der Waals surface area contributed by atoms with Crippen LogP contribution in [0.5, 0.6) is 0 Å². The fraction of sp³-hybridized carbons (Fsp3) is 0.400. The maximum absolute atomic E-state index is 6.28. The zero-order valence-electron chi connectivity index (χ0n) is 15.4. The standard InChI is InChI=1S/C20H23ClN4S/c1-12-5-6-15(11-13(12)2)16-14(3)26-19-17(16)18(23-20(21)24-19)25-9-4-7-22-8-10-25/h5-6,11,22H,4,7-10H2,1-3H3. The van der Waals surface area contributed by atoms with Crippen molar-refractivity contribution < 1.29 is 0 Å². The van der Waals surface area contributed by atoms with Crippen molar-refractivity contribution in [1.29, 1.82) is 0 Å². The molecule has 3 aromatic rings. The number of hydrogen-bond donors (Lipinski definition) is 1. The molecule has 4 nitrogen and oxygen atoms in total. The first kappa shape index (κ1) is 17.7. The van der Waals surface area contributed by atoms with Crippen molar-refractivity contribution in [2.45, 2.75) is 27.2 Å². The van der Waals surface area contributed by atoms with Crippen molar-refractivity contribution in [2.75, 3.05) is 31.1 Å². The first-order chi connectivity index (χ1) is 12.5. The molecule has 136 valence electrons. The topological polar surface area (TPSA) is 41.1 Å². The summed E-state index contributed by atoms with van der Waals surface area (Å²) in [6.45, 7) is 10.4. The van der Waals surface area contributed by atoms with E-state index < -0.39 is 0 Å². The molecule has 1 N–H and O–H groups in total. The summed E-state index contributed by atoms with van der Waals surface area (Å²) in [4.78, 5) is 13.8. The van der Waals surface area contributed by atoms with Crippen LogP contribution in [0, 0.1) is 20.8 Å². The second kappa shape index (κ2) is 7.14. The van der Waals surface area contributed by atoms with E-state index >= 15 is 0 Å². The molecule has 0 atom stereocenters. The summed E-state index contributed by atoms with van der Waals surface area (Å²) in [7, 11) is 0. The summed E-state index contributed by atoms with van der Waals surface area (Å²) >= 11 is 7.98. The fourth-order valence-electron chi connectivity index (χ4n) is 3.60. The zero-order valence-corrected chi connectivity index (χ0v) is 17.0. The molecule has 1 aromatic carbocycles. The second-order valence-electron chi connectivity index (χ2n) is 6.92. The zero-order chi connectivity index (χ0) is 18.3. The van der Waals surface area contributed by atoms with Crippen LogP contribution in [0.1, 0.15) is 22.4 Å². The summed E-state index contributed by atoms with van der Waals surface area (Å²) in [6, 6.07) is 6.67. The quantitative estimate of drug-likeness (QED) is 0.646. The monoisotopic (exact) mass is 386 g/mol. The molecule has 0 saturated carbocycles. The lowest BCUT2D eigenvalue weighted by molar-refractivity contribution is 0.724. The van der Waals surface area contributed by atoms with Crippen LogP contribution in [0.15, 0.2) is 18.2 Å². The van der Waals surface area contributed by atoms with E-state index in [9.17, 15) is 0 Å². The molecule has 2 aromatic heterocycles. The first-order valence-corrected chi connectivity index (χ1v) is 10.2. The highest BCUT2D eigenvalue weighted by atomic mass is 35.5. The number of aromatic nitrogens is 2. The Morgan fingerprint density at radius 2 is 1.92 bits per heavy atom. The molecule has 0 unspecified atom stereocenters. The smallest absolute Gasteiger partial charge is 0.225 e. The van der Waals surface area contributed by atoms with Gasteiger partial charge in [-0.2, -0.15) is 4.98 Å². The number of nitrogens with zero attached hydrogens (tertiary/aromatic N) is 3. The average molecular weight is 387 g/mol. The molecule has 1 aliphatic heterocycles. The molecule has 0 bridgehead atoms. The van der Waals surface area contributed by atoms with Crippen LogP contribution in [-0.4, -0.2) is 36.1 Å². The summed E-state index contributed by atoms with van der Waals surface area (Å²) in [5.74, 6) is 0.973. The van der Waals surface area contributed by atoms with E-state index in [0.717, 1.165) is 48.6 Å². The molecule has 1 saturated heterocycles. The van der Waals surface area contributed by atoms with Crippen molar-refractivity contribution in [3.05, 3.63) is 39.5 Å². The Hall–Kier alpha value is -1.69. The van der Waals surface area contributed by atoms with E-state index in [2.05, 4.69) is 59.2 Å². The lowest BCUT2D eigenvalue weighted by atomic mass is 9.99. The fourth-order valence-corrected chi connectivity index (χ4v) is 4.85. The van der Waals surface area contributed by atoms with Crippen molar-refractivity contribution in [3.63, 3.8) is 0 Å². The summed E-state index contributed by atoms with van der Waals surface area (Å²) in [5.41, 5.74) is 5.09. The molecule has 0 aliphatic carbocycles. The third kappa shape index (κ3) is 3.20. The van der Waals surface area contributed by atoms with Gasteiger partial charge in [-0.1, -0.05) is 18.2 Å². The van der Waals surface area contributed by atoms with Gasteiger partial charge >= 0.3 is 0 Å². The van der Waals surface area contributed by atoms with Crippen LogP contribution < -0.4 is 10.2 Å². The Morgan fingerprint density at radius 1 is 1.08 bits per heavy atom. The van der Waals surface area contributed by atoms with Gasteiger partial charge in [-0.05, 0) is 62.0 Å². The molecule has 1 aliphatic rings. The van der Waals surface area contributed by atoms with Gasteiger partial charge in [0.15, 0.2) is 0 Å². The number of thiophene rings is 1. The predicted octanol–water partition coefficient (Wildman–Crippen LogP) is 4.74. The Labute approximate surface area is 163 Å². The number of hydrogen-bond acceptors (Lipinski definition) is 5. The molecule has 1 fully saturated rings. The lowest BCUT2D eigenvalue weighted by Crippen LogP contribution is -2.28. The molecule has 4 rings (SSSR count). The van der Waals surface area contributed by atoms with E-state index in [1.807, 2.05) is 0 Å². The van der Waals surface area contributed by atoms with E-state index in [1.165, 1.54) is 27.1 Å². The Balaban J connectivity index is 1.95. The molecule has 6 heteroatoms. The van der Waals surface area contributed by atoms with Crippen LogP contribution in [0.2, 0.25) is 5.28 Å². The van der Waals surface area contributed by atoms with Crippen molar-refractivity contribution in [2.24, 2.45) is 0 Å². The van der Waals surface area contributed by atoms with Gasteiger partial charge < -0.3 is 10.2 Å². The minimum absolute atomic E-state index is 0.331. The van der Waals surface area contributed by atoms with Crippen molar-refractivity contribution >= 4 is 39.0 Å². The van der Waals surface area contributed by atoms with Gasteiger partial charge in [0.1, 0.15) is 10.6 Å². The number of anilines is 1. The number of benzene rings is 1. The summed E-state index contributed by atoms with van der Waals surface area (Å²) in [6.07, 6.45) is 1.10. The van der Waals surface area contributed by atoms with Gasteiger partial charge in [0.05, 0.1) is 5.39 Å². The SMILES string of the molecule is Cc1ccc(-c2c(C)sc3nc(Cl)nc(N4CCCNCC4)c23)cc1C. The van der Waals surface area contributed by atoms with Crippen LogP contribution in [0.3, 0.4) is 0 Å². The van der Waals surface area contributed by atoms with Crippen LogP contribution in [0.4, 0.5) is 5.82 Å². The van der Waals surface area contributed by atoms with Crippen molar-refractivity contribution in [3.8, 4) is 11.1 Å². The summed E-state index contributed by atoms with van der Waals surface area (Å²) < 4.78 is 0. The number of nitrogens with one attached hydrogen (secondary N) is 1. The van der Waals surface area contributed by atoms with Gasteiger partial charge in [-0.15, -0.1) is 11.3 Å². The molecule has 3 heterocycles. The van der Waals surface area contributed by atoms with Gasteiger partial charge in [-0.25, -0.2) is 4.98 Å². The van der Waals surface area contributed by atoms with E-state index in [-0.39, 0.29) is 0 Å². The third-order valence-electron chi connectivity index (χ3n) is 5.12. The largest absolute Gasteiger partial charge is 0.355 e. The van der Waals surface area contributed by atoms with Gasteiger partial charge in [0, 0.05) is 30.1 Å². The van der Waals surface area contributed by atoms with E-state index in [0.29, 0.717) is 5.28 Å². The number of aryl methyl sites for hydroxylation is 3. The van der Waals surface area contributed by atoms with Crippen LogP contribution >= 0.6 is 22.9 Å². The Kier molecular flexibility index (Phi) is 4.86. The summed E-state index contributed by atoms with van der Waals surface area (Å²) in [5, 5.41) is 4.93. The van der Waals surface area contributed by atoms with Gasteiger partial charge in [0.2, 0.25) is 5.28 Å². The number of halogens is 1. The van der Waals surface area contributed by atoms with E-state index in [4.69, 9.17) is 11.6 Å². The molecular formula is C20H23ClN4S. The molecule has 0 amide bonds. The minimum atomic E-state index is 0.331. The number of fused-ring (bicyclic) bond motifs is 1. The highest BCUT2D eigenvalue weighted by Gasteiger charge is 2.22. The maximum Gasteiger partial charge on any atom is 0.225 e. The lowest BCUT2D eigenvalue weighted by Gasteiger charge is -2.22. The second-order valence-corrected chi connectivity index (χ2v) is 8.46. The highest BCUT2D eigenvalue weighted by molar-refractivity contribution is 7.19. The minimum Gasteiger partial charge on any atom is -0.355 e. The Bertz CT molecular complexity index is 958. The highest BCUT2D eigenvalue weighted by Crippen LogP contribution is 2.42. The number of rotatable bonds is 2. The van der Waals surface area contributed by atoms with Crippen molar-refractivity contribution in [1.82, 2.24) is 15.3 Å². The maximum atomic E-state index is 6.28. The molecular weight excluding hydrogens is 364 g/mol. The van der Waals surface area contributed by atoms with Crippen LogP contribution in [0.25, 0.3) is 21.3 Å². The van der Waals surface area contributed by atoms with Crippen LogP contribution in [-0.2, 0) is 0 Å².